The Kier molecular flexibility index (Phi) is 5.45. The molecule has 0 saturated carbocycles. The van der Waals surface area contributed by atoms with Gasteiger partial charge in [0.15, 0.2) is 12.2 Å². The average molecular weight is 475 g/mol. The molecule has 0 fully saturated rings. The molecule has 4 heteroatoms. The molecule has 3 aliphatic carbocycles. The van der Waals surface area contributed by atoms with Crippen LogP contribution in [0.15, 0.2) is 97.1 Å². The van der Waals surface area contributed by atoms with Crippen molar-refractivity contribution in [2.45, 2.75) is 37.9 Å². The highest BCUT2D eigenvalue weighted by Gasteiger charge is 2.53. The van der Waals surface area contributed by atoms with Gasteiger partial charge in [-0.1, -0.05) is 84.9 Å². The molecule has 0 spiro atoms. The van der Waals surface area contributed by atoms with Crippen molar-refractivity contribution in [2.24, 2.45) is 0 Å². The van der Waals surface area contributed by atoms with Crippen molar-refractivity contribution in [2.75, 3.05) is 0 Å². The molecule has 4 aromatic carbocycles. The molecule has 178 valence electrons. The highest BCUT2D eigenvalue weighted by Crippen LogP contribution is 2.54. The fraction of sp³-hybridized carbons (Fsp3) is 0.188. The number of ether oxygens (including phenoxy) is 2. The smallest absolute Gasteiger partial charge is 0.338 e. The second-order valence-corrected chi connectivity index (χ2v) is 9.58. The van der Waals surface area contributed by atoms with Crippen LogP contribution in [0.5, 0.6) is 0 Å². The second-order valence-electron chi connectivity index (χ2n) is 9.58. The van der Waals surface area contributed by atoms with Crippen molar-refractivity contribution in [3.63, 3.8) is 0 Å². The zero-order valence-electron chi connectivity index (χ0n) is 20.2. The van der Waals surface area contributed by atoms with Gasteiger partial charge in [-0.25, -0.2) is 9.59 Å². The van der Waals surface area contributed by atoms with Crippen LogP contribution in [0, 0.1) is 13.8 Å². The SMILES string of the molecule is Cc1ccccc1C(=O)OC1C(OC(=O)c2ccccc2C)[C@H]2c3ccccc3[C@H]1c1ccccc12. The molecule has 0 radical (unpaired) electrons. The third-order valence-electron chi connectivity index (χ3n) is 7.53. The van der Waals surface area contributed by atoms with Crippen molar-refractivity contribution in [3.05, 3.63) is 142 Å². The Hall–Kier alpha value is -4.18. The molecule has 0 saturated heterocycles. The second kappa shape index (κ2) is 8.80. The Morgan fingerprint density at radius 3 is 1.14 bits per heavy atom. The number of benzene rings is 4. The van der Waals surface area contributed by atoms with Gasteiger partial charge in [0.1, 0.15) is 0 Å². The first-order valence-corrected chi connectivity index (χ1v) is 12.3. The van der Waals surface area contributed by atoms with Gasteiger partial charge in [-0.3, -0.25) is 0 Å². The van der Waals surface area contributed by atoms with E-state index in [1.54, 1.807) is 12.1 Å². The van der Waals surface area contributed by atoms with E-state index < -0.39 is 24.1 Å². The van der Waals surface area contributed by atoms with E-state index in [2.05, 4.69) is 24.3 Å². The number of carbonyl (C=O) groups excluding carboxylic acids is 2. The summed E-state index contributed by atoms with van der Waals surface area (Å²) in [6.07, 6.45) is -1.31. The quantitative estimate of drug-likeness (QED) is 0.324. The molecule has 0 amide bonds. The number of hydrogen-bond acceptors (Lipinski definition) is 4. The first kappa shape index (κ1) is 22.3. The maximum atomic E-state index is 13.4. The number of fused-ring (bicyclic) bond motifs is 1. The van der Waals surface area contributed by atoms with Crippen molar-refractivity contribution in [1.29, 1.82) is 0 Å². The summed E-state index contributed by atoms with van der Waals surface area (Å²) in [5.41, 5.74) is 7.20. The number of aryl methyl sites for hydroxylation is 2. The van der Waals surface area contributed by atoms with Crippen molar-refractivity contribution in [1.82, 2.24) is 0 Å². The molecule has 0 aliphatic heterocycles. The fourth-order valence-electron chi connectivity index (χ4n) is 5.83. The van der Waals surface area contributed by atoms with E-state index in [0.717, 1.165) is 33.4 Å². The van der Waals surface area contributed by atoms with Crippen LogP contribution in [0.2, 0.25) is 0 Å². The van der Waals surface area contributed by atoms with Crippen LogP contribution in [0.3, 0.4) is 0 Å². The van der Waals surface area contributed by atoms with Gasteiger partial charge in [-0.2, -0.15) is 0 Å². The van der Waals surface area contributed by atoms with Gasteiger partial charge in [-0.15, -0.1) is 0 Å². The third-order valence-corrected chi connectivity index (χ3v) is 7.53. The number of rotatable bonds is 4. The Morgan fingerprint density at radius 2 is 0.806 bits per heavy atom. The van der Waals surface area contributed by atoms with E-state index >= 15 is 0 Å². The summed E-state index contributed by atoms with van der Waals surface area (Å²) in [5.74, 6) is -1.27. The monoisotopic (exact) mass is 474 g/mol. The summed E-state index contributed by atoms with van der Waals surface area (Å²) in [6, 6.07) is 31.2. The summed E-state index contributed by atoms with van der Waals surface area (Å²) < 4.78 is 12.5. The van der Waals surface area contributed by atoms with Gasteiger partial charge in [0, 0.05) is 0 Å². The first-order chi connectivity index (χ1) is 17.5. The van der Waals surface area contributed by atoms with E-state index in [1.807, 2.05) is 74.5 Å². The number of carbonyl (C=O) groups is 2. The van der Waals surface area contributed by atoms with Gasteiger partial charge in [0.2, 0.25) is 0 Å². The lowest BCUT2D eigenvalue weighted by Gasteiger charge is -2.49. The molecule has 0 heterocycles. The zero-order chi connectivity index (χ0) is 24.8. The maximum absolute atomic E-state index is 13.4. The standard InChI is InChI=1S/C32H26O4/c1-19-11-3-5-13-21(19)31(33)35-29-27-23-15-7-9-17-25(23)28(26-18-10-8-16-24(26)27)30(29)36-32(34)22-14-6-4-12-20(22)2/h3-18,27-30H,1-2H3/t27-,28-,29?,30?. The van der Waals surface area contributed by atoms with Crippen LogP contribution in [0.25, 0.3) is 0 Å². The Bertz CT molecular complexity index is 1330. The highest BCUT2D eigenvalue weighted by molar-refractivity contribution is 5.92. The fourth-order valence-corrected chi connectivity index (χ4v) is 5.83. The van der Waals surface area contributed by atoms with Crippen LogP contribution >= 0.6 is 0 Å². The third kappa shape index (κ3) is 3.53. The molecule has 7 rings (SSSR count). The van der Waals surface area contributed by atoms with E-state index in [9.17, 15) is 9.59 Å². The van der Waals surface area contributed by atoms with Crippen LogP contribution in [-0.2, 0) is 9.47 Å². The van der Waals surface area contributed by atoms with Crippen molar-refractivity contribution < 1.29 is 19.1 Å². The lowest BCUT2D eigenvalue weighted by molar-refractivity contribution is -0.0558. The molecular formula is C32H26O4. The Labute approximate surface area is 210 Å². The summed E-state index contributed by atoms with van der Waals surface area (Å²) >= 11 is 0. The van der Waals surface area contributed by atoms with Gasteiger partial charge < -0.3 is 9.47 Å². The van der Waals surface area contributed by atoms with Crippen LogP contribution in [0.4, 0.5) is 0 Å². The predicted octanol–water partition coefficient (Wildman–Crippen LogP) is 6.35. The van der Waals surface area contributed by atoms with E-state index in [1.165, 1.54) is 0 Å². The minimum absolute atomic E-state index is 0.231. The minimum Gasteiger partial charge on any atom is -0.454 e. The topological polar surface area (TPSA) is 52.6 Å². The van der Waals surface area contributed by atoms with Gasteiger partial charge >= 0.3 is 11.9 Å². The van der Waals surface area contributed by atoms with E-state index in [0.29, 0.717) is 11.1 Å². The summed E-state index contributed by atoms with van der Waals surface area (Å²) in [5, 5.41) is 0. The summed E-state index contributed by atoms with van der Waals surface area (Å²) in [6.45, 7) is 3.79. The van der Waals surface area contributed by atoms with Crippen LogP contribution in [-0.4, -0.2) is 24.1 Å². The number of hydrogen-bond donors (Lipinski definition) is 0. The zero-order valence-corrected chi connectivity index (χ0v) is 20.2. The van der Waals surface area contributed by atoms with Crippen LogP contribution < -0.4 is 0 Å². The summed E-state index contributed by atoms with van der Waals surface area (Å²) in [7, 11) is 0. The van der Waals surface area contributed by atoms with Crippen LogP contribution in [0.1, 0.15) is 65.9 Å². The van der Waals surface area contributed by atoms with E-state index in [-0.39, 0.29) is 11.8 Å². The molecular weight excluding hydrogens is 448 g/mol. The molecule has 4 nitrogen and oxygen atoms in total. The molecule has 2 atom stereocenters. The normalized spacial score (nSPS) is 21.3. The van der Waals surface area contributed by atoms with Crippen molar-refractivity contribution in [3.8, 4) is 0 Å². The lowest BCUT2D eigenvalue weighted by Crippen LogP contribution is -2.51. The Morgan fingerprint density at radius 1 is 0.500 bits per heavy atom. The minimum atomic E-state index is -0.653. The predicted molar refractivity (Wildman–Crippen MR) is 137 cm³/mol. The highest BCUT2D eigenvalue weighted by atomic mass is 16.6. The largest absolute Gasteiger partial charge is 0.454 e. The average Bonchev–Trinajstić information content (AvgIpc) is 2.90. The maximum Gasteiger partial charge on any atom is 0.338 e. The first-order valence-electron chi connectivity index (χ1n) is 12.3. The van der Waals surface area contributed by atoms with Gasteiger partial charge in [0.05, 0.1) is 23.0 Å². The lowest BCUT2D eigenvalue weighted by atomic mass is 9.61. The van der Waals surface area contributed by atoms with Crippen molar-refractivity contribution >= 4 is 11.9 Å². The molecule has 2 bridgehead atoms. The number of esters is 2. The van der Waals surface area contributed by atoms with Gasteiger partial charge in [-0.05, 0) is 59.4 Å². The molecule has 3 aliphatic rings. The molecule has 4 aromatic rings. The molecule has 0 aromatic heterocycles. The molecule has 2 unspecified atom stereocenters. The molecule has 36 heavy (non-hydrogen) atoms. The Balaban J connectivity index is 1.47. The summed E-state index contributed by atoms with van der Waals surface area (Å²) in [4.78, 5) is 26.9. The van der Waals surface area contributed by atoms with Gasteiger partial charge in [0.25, 0.3) is 0 Å². The molecule has 0 N–H and O–H groups in total. The van der Waals surface area contributed by atoms with E-state index in [4.69, 9.17) is 9.47 Å².